The monoisotopic (exact) mass is 452 g/mol. The summed E-state index contributed by atoms with van der Waals surface area (Å²) >= 11 is 1.25. The third-order valence-electron chi connectivity index (χ3n) is 4.28. The maximum absolute atomic E-state index is 12.3. The molecule has 4 rings (SSSR count). The lowest BCUT2D eigenvalue weighted by atomic mass is 10.1. The van der Waals surface area contributed by atoms with E-state index in [4.69, 9.17) is 14.2 Å². The smallest absolute Gasteiger partial charge is 0.286 e. The fourth-order valence-corrected chi connectivity index (χ4v) is 3.80. The highest BCUT2D eigenvalue weighted by atomic mass is 32.2. The van der Waals surface area contributed by atoms with Gasteiger partial charge in [-0.3, -0.25) is 9.59 Å². The third-order valence-corrected chi connectivity index (χ3v) is 5.23. The number of amidine groups is 1. The van der Waals surface area contributed by atoms with Gasteiger partial charge in [0.05, 0.1) is 23.6 Å². The number of benzene rings is 1. The average Bonchev–Trinajstić information content (AvgIpc) is 3.12. The Hall–Kier alpha value is -3.79. The third kappa shape index (κ3) is 5.09. The summed E-state index contributed by atoms with van der Waals surface area (Å²) in [5.41, 5.74) is 1.47. The van der Waals surface area contributed by atoms with Crippen molar-refractivity contribution >= 4 is 51.5 Å². The number of carbonyl (C=O) groups excluding carboxylic acids is 2. The van der Waals surface area contributed by atoms with E-state index in [1.807, 2.05) is 25.1 Å². The first kappa shape index (κ1) is 21.4. The number of hydrogen-bond acceptors (Lipinski definition) is 8. The Labute approximate surface area is 188 Å². The minimum absolute atomic E-state index is 0.211. The van der Waals surface area contributed by atoms with Gasteiger partial charge in [0.15, 0.2) is 10.9 Å². The summed E-state index contributed by atoms with van der Waals surface area (Å²) < 4.78 is 16.1. The van der Waals surface area contributed by atoms with E-state index < -0.39 is 0 Å². The standard InChI is InChI=1S/C22H20N4O5S/c1-3-30-18-10-20(24-13(2)27)25-17-5-4-14(8-16(17)18)9-19-21(28)26-22(32-19)23-11-15-12-29-6-7-31-15/h4-10,12H,3,11H2,1-2H3,(H,23,26,28)(H,24,25,27). The van der Waals surface area contributed by atoms with Crippen molar-refractivity contribution in [3.63, 3.8) is 0 Å². The number of nitrogens with one attached hydrogen (secondary N) is 2. The molecule has 0 bridgehead atoms. The Bertz CT molecular complexity index is 1200. The Morgan fingerprint density at radius 3 is 2.91 bits per heavy atom. The molecule has 0 atom stereocenters. The lowest BCUT2D eigenvalue weighted by Gasteiger charge is -2.11. The average molecular weight is 452 g/mol. The van der Waals surface area contributed by atoms with Gasteiger partial charge in [0.25, 0.3) is 5.91 Å². The fourth-order valence-electron chi connectivity index (χ4n) is 2.99. The molecule has 0 saturated carbocycles. The molecule has 1 aromatic carbocycles. The van der Waals surface area contributed by atoms with Gasteiger partial charge in [-0.2, -0.15) is 4.99 Å². The van der Waals surface area contributed by atoms with Crippen LogP contribution in [0.25, 0.3) is 17.0 Å². The largest absolute Gasteiger partial charge is 0.493 e. The van der Waals surface area contributed by atoms with Crippen molar-refractivity contribution in [1.29, 1.82) is 0 Å². The molecule has 0 unspecified atom stereocenters. The number of thioether (sulfide) groups is 1. The van der Waals surface area contributed by atoms with E-state index in [9.17, 15) is 9.59 Å². The topological polar surface area (TPSA) is 111 Å². The van der Waals surface area contributed by atoms with Gasteiger partial charge in [0.2, 0.25) is 5.91 Å². The van der Waals surface area contributed by atoms with Crippen LogP contribution in [-0.4, -0.2) is 35.1 Å². The van der Waals surface area contributed by atoms with Gasteiger partial charge in [0.1, 0.15) is 30.4 Å². The molecule has 0 fully saturated rings. The number of carbonyl (C=O) groups is 2. The molecular formula is C22H20N4O5S. The molecule has 2 amide bonds. The summed E-state index contributed by atoms with van der Waals surface area (Å²) in [6.45, 7) is 4.11. The summed E-state index contributed by atoms with van der Waals surface area (Å²) in [6, 6.07) is 7.24. The molecule has 0 aliphatic carbocycles. The van der Waals surface area contributed by atoms with Crippen molar-refractivity contribution in [2.45, 2.75) is 13.8 Å². The second-order valence-electron chi connectivity index (χ2n) is 6.69. The van der Waals surface area contributed by atoms with Crippen LogP contribution in [-0.2, 0) is 19.1 Å². The molecule has 3 heterocycles. The second-order valence-corrected chi connectivity index (χ2v) is 7.72. The Kier molecular flexibility index (Phi) is 6.41. The summed E-state index contributed by atoms with van der Waals surface area (Å²) in [5, 5.41) is 6.99. The number of fused-ring (bicyclic) bond motifs is 1. The summed E-state index contributed by atoms with van der Waals surface area (Å²) in [6.07, 6.45) is 6.10. The molecule has 10 heteroatoms. The van der Waals surface area contributed by atoms with Crippen LogP contribution in [0.5, 0.6) is 5.75 Å². The molecule has 0 radical (unpaired) electrons. The Morgan fingerprint density at radius 1 is 1.28 bits per heavy atom. The lowest BCUT2D eigenvalue weighted by molar-refractivity contribution is -0.114. The SMILES string of the molecule is CCOc1cc(NC(C)=O)nc2ccc(C=C3SC(NCC4=COC=CO4)=NC3=O)cc12. The molecule has 9 nitrogen and oxygen atoms in total. The van der Waals surface area contributed by atoms with Crippen molar-refractivity contribution in [2.24, 2.45) is 4.99 Å². The molecule has 2 N–H and O–H groups in total. The van der Waals surface area contributed by atoms with Crippen LogP contribution in [0, 0.1) is 0 Å². The van der Waals surface area contributed by atoms with Crippen LogP contribution < -0.4 is 15.4 Å². The zero-order chi connectivity index (χ0) is 22.5. The Balaban J connectivity index is 1.53. The summed E-state index contributed by atoms with van der Waals surface area (Å²) in [7, 11) is 0. The number of hydrogen-bond donors (Lipinski definition) is 2. The molecule has 32 heavy (non-hydrogen) atoms. The zero-order valence-corrected chi connectivity index (χ0v) is 18.2. The predicted molar refractivity (Wildman–Crippen MR) is 123 cm³/mol. The molecule has 0 spiro atoms. The number of anilines is 1. The van der Waals surface area contributed by atoms with Gasteiger partial charge >= 0.3 is 0 Å². The lowest BCUT2D eigenvalue weighted by Crippen LogP contribution is -2.22. The molecule has 164 valence electrons. The van der Waals surface area contributed by atoms with E-state index in [0.717, 1.165) is 10.9 Å². The number of nitrogens with zero attached hydrogens (tertiary/aromatic N) is 2. The van der Waals surface area contributed by atoms with E-state index in [1.165, 1.54) is 37.5 Å². The first-order valence-electron chi connectivity index (χ1n) is 9.79. The van der Waals surface area contributed by atoms with Crippen LogP contribution in [0.1, 0.15) is 19.4 Å². The van der Waals surface area contributed by atoms with E-state index in [1.54, 1.807) is 12.1 Å². The number of aliphatic imine (C=N–C) groups is 1. The maximum Gasteiger partial charge on any atom is 0.286 e. The van der Waals surface area contributed by atoms with E-state index >= 15 is 0 Å². The fraction of sp³-hybridized carbons (Fsp3) is 0.182. The highest BCUT2D eigenvalue weighted by molar-refractivity contribution is 8.18. The summed E-state index contributed by atoms with van der Waals surface area (Å²) in [5.74, 6) is 1.06. The number of pyridine rings is 1. The van der Waals surface area contributed by atoms with Gasteiger partial charge in [-0.1, -0.05) is 6.07 Å². The van der Waals surface area contributed by atoms with Gasteiger partial charge in [-0.05, 0) is 42.5 Å². The minimum atomic E-state index is -0.323. The highest BCUT2D eigenvalue weighted by Gasteiger charge is 2.22. The number of rotatable bonds is 6. The van der Waals surface area contributed by atoms with E-state index in [0.29, 0.717) is 46.1 Å². The van der Waals surface area contributed by atoms with Gasteiger partial charge in [-0.15, -0.1) is 0 Å². The first-order chi connectivity index (χ1) is 15.5. The molecule has 1 aromatic heterocycles. The van der Waals surface area contributed by atoms with Gasteiger partial charge in [0, 0.05) is 18.4 Å². The van der Waals surface area contributed by atoms with E-state index in [-0.39, 0.29) is 11.8 Å². The molecule has 0 saturated heterocycles. The van der Waals surface area contributed by atoms with Crippen LogP contribution in [0.15, 0.2) is 58.7 Å². The van der Waals surface area contributed by atoms with Crippen molar-refractivity contribution in [2.75, 3.05) is 18.5 Å². The number of aromatic nitrogens is 1. The zero-order valence-electron chi connectivity index (χ0n) is 17.4. The minimum Gasteiger partial charge on any atom is -0.493 e. The van der Waals surface area contributed by atoms with Crippen molar-refractivity contribution in [3.05, 3.63) is 59.3 Å². The normalized spacial score (nSPS) is 16.3. The van der Waals surface area contributed by atoms with Crippen LogP contribution in [0.4, 0.5) is 5.82 Å². The van der Waals surface area contributed by atoms with Crippen LogP contribution >= 0.6 is 11.8 Å². The highest BCUT2D eigenvalue weighted by Crippen LogP contribution is 2.32. The van der Waals surface area contributed by atoms with Gasteiger partial charge in [-0.25, -0.2) is 4.98 Å². The van der Waals surface area contributed by atoms with Crippen LogP contribution in [0.3, 0.4) is 0 Å². The van der Waals surface area contributed by atoms with E-state index in [2.05, 4.69) is 20.6 Å². The van der Waals surface area contributed by atoms with Crippen molar-refractivity contribution in [1.82, 2.24) is 10.3 Å². The Morgan fingerprint density at radius 2 is 2.16 bits per heavy atom. The molecule has 2 aliphatic heterocycles. The number of amides is 2. The summed E-state index contributed by atoms with van der Waals surface area (Å²) in [4.78, 5) is 32.7. The first-order valence-corrected chi connectivity index (χ1v) is 10.6. The maximum atomic E-state index is 12.3. The predicted octanol–water partition coefficient (Wildman–Crippen LogP) is 3.51. The van der Waals surface area contributed by atoms with Gasteiger partial charge < -0.3 is 24.8 Å². The van der Waals surface area contributed by atoms with Crippen molar-refractivity contribution < 1.29 is 23.8 Å². The second kappa shape index (κ2) is 9.56. The molecule has 2 aliphatic rings. The van der Waals surface area contributed by atoms with Crippen molar-refractivity contribution in [3.8, 4) is 5.75 Å². The quantitative estimate of drug-likeness (QED) is 0.641. The molecule has 2 aromatic rings. The van der Waals surface area contributed by atoms with Crippen LogP contribution in [0.2, 0.25) is 0 Å². The molecular weight excluding hydrogens is 432 g/mol. The number of ether oxygens (including phenoxy) is 3.